The fourth-order valence-electron chi connectivity index (χ4n) is 3.90. The minimum absolute atomic E-state index is 0.243. The second kappa shape index (κ2) is 9.50. The molecule has 2 heterocycles. The minimum atomic E-state index is -0.657. The Labute approximate surface area is 203 Å². The van der Waals surface area contributed by atoms with E-state index in [2.05, 4.69) is 0 Å². The number of ether oxygens (including phenoxy) is 2. The molecule has 1 amide bonds. The molecule has 7 heteroatoms. The molecule has 0 unspecified atom stereocenters. The summed E-state index contributed by atoms with van der Waals surface area (Å²) in [7, 11) is 0. The Kier molecular flexibility index (Phi) is 6.66. The molecular formula is C27H27NO5S. The number of fused-ring (bicyclic) bond motifs is 1. The number of β-lactam (4-membered cyclic amide) rings is 1. The largest absolute Gasteiger partial charge is 0.457 e. The van der Waals surface area contributed by atoms with Crippen molar-refractivity contribution in [3.05, 3.63) is 94.7 Å². The first-order valence-corrected chi connectivity index (χ1v) is 12.1. The van der Waals surface area contributed by atoms with Gasteiger partial charge in [-0.05, 0) is 44.4 Å². The maximum atomic E-state index is 13.4. The van der Waals surface area contributed by atoms with Gasteiger partial charge in [-0.25, -0.2) is 9.59 Å². The second-order valence-corrected chi connectivity index (χ2v) is 10.3. The van der Waals surface area contributed by atoms with E-state index in [0.29, 0.717) is 11.3 Å². The molecule has 2 aliphatic rings. The third-order valence-corrected chi connectivity index (χ3v) is 6.75. The number of hydrogen-bond acceptors (Lipinski definition) is 6. The number of carbonyl (C=O) groups excluding carboxylic acids is 3. The van der Waals surface area contributed by atoms with Gasteiger partial charge in [-0.15, -0.1) is 11.8 Å². The second-order valence-electron chi connectivity index (χ2n) is 9.21. The molecule has 176 valence electrons. The van der Waals surface area contributed by atoms with E-state index in [1.807, 2.05) is 67.6 Å². The fourth-order valence-corrected chi connectivity index (χ4v) is 5.14. The first-order chi connectivity index (χ1) is 16.2. The number of hydrogen-bond donors (Lipinski definition) is 0. The first-order valence-electron chi connectivity index (χ1n) is 11.1. The van der Waals surface area contributed by atoms with E-state index in [1.54, 1.807) is 20.8 Å². The number of amides is 1. The summed E-state index contributed by atoms with van der Waals surface area (Å²) in [6.45, 7) is 7.13. The van der Waals surface area contributed by atoms with Gasteiger partial charge in [0.2, 0.25) is 0 Å². The molecular weight excluding hydrogens is 450 g/mol. The van der Waals surface area contributed by atoms with E-state index < -0.39 is 29.0 Å². The summed E-state index contributed by atoms with van der Waals surface area (Å²) in [5, 5.41) is -0.418. The summed E-state index contributed by atoms with van der Waals surface area (Å²) in [4.78, 5) is 40.1. The van der Waals surface area contributed by atoms with Crippen molar-refractivity contribution in [1.82, 2.24) is 4.90 Å². The van der Waals surface area contributed by atoms with Crippen LogP contribution >= 0.6 is 11.8 Å². The Morgan fingerprint density at radius 1 is 1.03 bits per heavy atom. The highest BCUT2D eigenvalue weighted by atomic mass is 32.2. The molecule has 0 saturated carbocycles. The lowest BCUT2D eigenvalue weighted by atomic mass is 10.0. The van der Waals surface area contributed by atoms with Gasteiger partial charge in [0.15, 0.2) is 6.10 Å². The normalized spacial score (nSPS) is 19.1. The lowest BCUT2D eigenvalue weighted by Crippen LogP contribution is -2.56. The molecule has 2 aliphatic heterocycles. The van der Waals surface area contributed by atoms with Crippen molar-refractivity contribution < 1.29 is 23.9 Å². The summed E-state index contributed by atoms with van der Waals surface area (Å²) >= 11 is 1.49. The van der Waals surface area contributed by atoms with Gasteiger partial charge >= 0.3 is 11.9 Å². The smallest absolute Gasteiger partial charge is 0.356 e. The van der Waals surface area contributed by atoms with Crippen LogP contribution in [-0.2, 0) is 23.9 Å². The zero-order valence-electron chi connectivity index (χ0n) is 19.6. The zero-order valence-corrected chi connectivity index (χ0v) is 20.4. The molecule has 2 aromatic rings. The van der Waals surface area contributed by atoms with Crippen molar-refractivity contribution in [3.8, 4) is 0 Å². The molecule has 2 aromatic carbocycles. The molecule has 34 heavy (non-hydrogen) atoms. The van der Waals surface area contributed by atoms with Gasteiger partial charge in [0, 0.05) is 11.8 Å². The average molecular weight is 478 g/mol. The number of nitrogens with zero attached hydrogens (tertiary/aromatic N) is 1. The molecule has 4 rings (SSSR count). The Hall–Kier alpha value is -3.32. The van der Waals surface area contributed by atoms with Gasteiger partial charge < -0.3 is 9.47 Å². The molecule has 0 aliphatic carbocycles. The van der Waals surface area contributed by atoms with Crippen molar-refractivity contribution in [2.75, 3.05) is 5.75 Å². The highest BCUT2D eigenvalue weighted by molar-refractivity contribution is 8.00. The quantitative estimate of drug-likeness (QED) is 0.351. The maximum Gasteiger partial charge on any atom is 0.356 e. The molecule has 1 atom stereocenters. The summed E-state index contributed by atoms with van der Waals surface area (Å²) < 4.78 is 11.3. The van der Waals surface area contributed by atoms with Gasteiger partial charge in [-0.3, -0.25) is 9.69 Å². The van der Waals surface area contributed by atoms with Crippen molar-refractivity contribution >= 4 is 29.6 Å². The van der Waals surface area contributed by atoms with E-state index >= 15 is 0 Å². The van der Waals surface area contributed by atoms with Crippen molar-refractivity contribution in [2.24, 2.45) is 0 Å². The molecule has 0 bridgehead atoms. The maximum absolute atomic E-state index is 13.4. The van der Waals surface area contributed by atoms with Crippen LogP contribution in [0, 0.1) is 0 Å². The monoisotopic (exact) mass is 477 g/mol. The summed E-state index contributed by atoms with van der Waals surface area (Å²) in [6.07, 6.45) is 0.624. The van der Waals surface area contributed by atoms with Crippen molar-refractivity contribution in [2.45, 2.75) is 44.8 Å². The third kappa shape index (κ3) is 4.94. The molecule has 0 spiro atoms. The number of thioether (sulfide) groups is 1. The summed E-state index contributed by atoms with van der Waals surface area (Å²) in [5.74, 6) is -0.971. The van der Waals surface area contributed by atoms with Crippen LogP contribution in [0.4, 0.5) is 0 Å². The number of benzene rings is 2. The van der Waals surface area contributed by atoms with Crippen LogP contribution in [0.3, 0.4) is 0 Å². The number of rotatable bonds is 5. The molecule has 0 radical (unpaired) electrons. The van der Waals surface area contributed by atoms with Gasteiger partial charge in [0.25, 0.3) is 5.91 Å². The summed E-state index contributed by atoms with van der Waals surface area (Å²) in [6, 6.07) is 19.0. The topological polar surface area (TPSA) is 72.9 Å². The van der Waals surface area contributed by atoms with Gasteiger partial charge in [0.1, 0.15) is 16.7 Å². The Bertz CT molecular complexity index is 1130. The van der Waals surface area contributed by atoms with Crippen LogP contribution in [0.25, 0.3) is 0 Å². The van der Waals surface area contributed by atoms with Gasteiger partial charge in [-0.1, -0.05) is 60.7 Å². The first kappa shape index (κ1) is 23.8. The highest BCUT2D eigenvalue weighted by Crippen LogP contribution is 2.44. The van der Waals surface area contributed by atoms with Gasteiger partial charge in [0.05, 0.1) is 5.57 Å². The van der Waals surface area contributed by atoms with Crippen LogP contribution in [0.15, 0.2) is 83.6 Å². The van der Waals surface area contributed by atoms with Crippen LogP contribution in [0.1, 0.15) is 44.9 Å². The van der Waals surface area contributed by atoms with Gasteiger partial charge in [-0.2, -0.15) is 0 Å². The number of esters is 2. The van der Waals surface area contributed by atoms with E-state index in [9.17, 15) is 14.4 Å². The molecule has 1 saturated heterocycles. The van der Waals surface area contributed by atoms with E-state index in [-0.39, 0.29) is 11.6 Å². The number of carbonyl (C=O) groups is 3. The van der Waals surface area contributed by atoms with E-state index in [4.69, 9.17) is 9.47 Å². The van der Waals surface area contributed by atoms with Crippen LogP contribution in [0.5, 0.6) is 0 Å². The van der Waals surface area contributed by atoms with E-state index in [0.717, 1.165) is 16.7 Å². The van der Waals surface area contributed by atoms with Crippen LogP contribution in [0.2, 0.25) is 0 Å². The van der Waals surface area contributed by atoms with Crippen molar-refractivity contribution in [1.29, 1.82) is 0 Å². The zero-order chi connectivity index (χ0) is 24.5. The predicted octanol–water partition coefficient (Wildman–Crippen LogP) is 4.78. The standard InChI is InChI=1S/C27H27NO5S/c1-17-16-34-25-20(15-21(29)33-27(2,3)4)24(30)28(25)22(17)26(31)32-23(18-11-7-5-8-12-18)19-13-9-6-10-14-19/h5-15,23,25H,16H2,1-4H3/b20-15-/t25-/m1/s1. The fraction of sp³-hybridized carbons (Fsp3) is 0.296. The molecule has 0 N–H and O–H groups in total. The summed E-state index contributed by atoms with van der Waals surface area (Å²) in [5.41, 5.74) is 2.35. The van der Waals surface area contributed by atoms with Crippen molar-refractivity contribution in [3.63, 3.8) is 0 Å². The van der Waals surface area contributed by atoms with E-state index in [1.165, 1.54) is 22.7 Å². The highest BCUT2D eigenvalue weighted by Gasteiger charge is 2.50. The lowest BCUT2D eigenvalue weighted by Gasteiger charge is -2.45. The molecule has 1 fully saturated rings. The Morgan fingerprint density at radius 2 is 1.59 bits per heavy atom. The Morgan fingerprint density at radius 3 is 2.12 bits per heavy atom. The molecule has 0 aromatic heterocycles. The Balaban J connectivity index is 1.58. The van der Waals surface area contributed by atoms with Crippen LogP contribution in [-0.4, -0.2) is 39.5 Å². The SMILES string of the molecule is CC1=C(C(=O)OC(c2ccccc2)c2ccccc2)N2C(=O)/C(=C/C(=O)OC(C)(C)C)[C@H]2SC1. The third-order valence-electron chi connectivity index (χ3n) is 5.37. The predicted molar refractivity (Wildman–Crippen MR) is 131 cm³/mol. The lowest BCUT2D eigenvalue weighted by molar-refractivity contribution is -0.150. The minimum Gasteiger partial charge on any atom is -0.457 e. The average Bonchev–Trinajstić information content (AvgIpc) is 2.80. The molecule has 6 nitrogen and oxygen atoms in total. The van der Waals surface area contributed by atoms with Crippen LogP contribution < -0.4 is 0 Å².